The molecule has 0 aliphatic carbocycles. The molecule has 4 nitrogen and oxygen atoms in total. The second kappa shape index (κ2) is 6.21. The van der Waals surface area contributed by atoms with Gasteiger partial charge in [0.15, 0.2) is 5.79 Å². The Labute approximate surface area is 124 Å². The molecule has 0 atom stereocenters. The summed E-state index contributed by atoms with van der Waals surface area (Å²) in [6.07, 6.45) is -4.11. The molecular formula is C14H15F4NO3. The van der Waals surface area contributed by atoms with Gasteiger partial charge in [0.25, 0.3) is 5.91 Å². The Morgan fingerprint density at radius 3 is 2.55 bits per heavy atom. The predicted molar refractivity (Wildman–Crippen MR) is 68.7 cm³/mol. The summed E-state index contributed by atoms with van der Waals surface area (Å²) in [7, 11) is 0. The Hall–Kier alpha value is -1.67. The highest BCUT2D eigenvalue weighted by atomic mass is 19.4. The molecule has 0 radical (unpaired) electrons. The fraction of sp³-hybridized carbons (Fsp3) is 0.500. The quantitative estimate of drug-likeness (QED) is 0.871. The Kier molecular flexibility index (Phi) is 4.72. The Balaban J connectivity index is 2.13. The van der Waals surface area contributed by atoms with Crippen LogP contribution in [0, 0.1) is 5.82 Å². The number of nitrogens with one attached hydrogen (secondary N) is 1. The Morgan fingerprint density at radius 1 is 1.32 bits per heavy atom. The van der Waals surface area contributed by atoms with Gasteiger partial charge in [0.2, 0.25) is 0 Å². The third-order valence-electron chi connectivity index (χ3n) is 3.21. The van der Waals surface area contributed by atoms with Crippen molar-refractivity contribution >= 4 is 5.91 Å². The average molecular weight is 321 g/mol. The van der Waals surface area contributed by atoms with Crippen molar-refractivity contribution < 1.29 is 31.8 Å². The second-order valence-corrected chi connectivity index (χ2v) is 5.05. The predicted octanol–water partition coefficient (Wildman–Crippen LogP) is 2.73. The summed E-state index contributed by atoms with van der Waals surface area (Å²) in [5.41, 5.74) is -1.96. The highest BCUT2D eigenvalue weighted by molar-refractivity contribution is 5.95. The van der Waals surface area contributed by atoms with E-state index in [0.717, 1.165) is 12.1 Å². The summed E-state index contributed by atoms with van der Waals surface area (Å²) >= 11 is 0. The highest BCUT2D eigenvalue weighted by Gasteiger charge is 2.36. The highest BCUT2D eigenvalue weighted by Crippen LogP contribution is 2.32. The standard InChI is InChI=1S/C14H15F4NO3/c1-13(21-5-2-6-22-13)8-19-12(20)10-4-3-9(15)7-11(10)14(16,17)18/h3-4,7H,2,5-6,8H2,1H3,(H,19,20). The van der Waals surface area contributed by atoms with Crippen molar-refractivity contribution in [2.75, 3.05) is 19.8 Å². The maximum Gasteiger partial charge on any atom is 0.417 e. The van der Waals surface area contributed by atoms with E-state index in [0.29, 0.717) is 25.7 Å². The summed E-state index contributed by atoms with van der Waals surface area (Å²) in [6, 6.07) is 1.90. The van der Waals surface area contributed by atoms with Gasteiger partial charge in [-0.3, -0.25) is 4.79 Å². The van der Waals surface area contributed by atoms with E-state index in [2.05, 4.69) is 5.32 Å². The maximum atomic E-state index is 13.0. The molecule has 1 fully saturated rings. The average Bonchev–Trinajstić information content (AvgIpc) is 2.45. The molecule has 1 aromatic rings. The smallest absolute Gasteiger partial charge is 0.348 e. The van der Waals surface area contributed by atoms with Crippen LogP contribution in [-0.4, -0.2) is 31.5 Å². The lowest BCUT2D eigenvalue weighted by Crippen LogP contribution is -2.47. The minimum absolute atomic E-state index is 0.111. The number of hydrogen-bond acceptors (Lipinski definition) is 3. The van der Waals surface area contributed by atoms with E-state index in [1.165, 1.54) is 0 Å². The summed E-state index contributed by atoms with van der Waals surface area (Å²) < 4.78 is 62.3. The zero-order valence-corrected chi connectivity index (χ0v) is 11.8. The molecule has 1 aliphatic rings. The van der Waals surface area contributed by atoms with Crippen LogP contribution in [0.5, 0.6) is 0 Å². The molecule has 0 aromatic heterocycles. The van der Waals surface area contributed by atoms with E-state index < -0.39 is 34.8 Å². The van der Waals surface area contributed by atoms with Crippen molar-refractivity contribution in [3.05, 3.63) is 35.1 Å². The molecular weight excluding hydrogens is 306 g/mol. The first-order valence-electron chi connectivity index (χ1n) is 6.64. The number of amides is 1. The van der Waals surface area contributed by atoms with Gasteiger partial charge in [-0.2, -0.15) is 13.2 Å². The Bertz CT molecular complexity index is 554. The van der Waals surface area contributed by atoms with Gasteiger partial charge >= 0.3 is 6.18 Å². The SMILES string of the molecule is CC1(CNC(=O)c2ccc(F)cc2C(F)(F)F)OCCCO1. The first kappa shape index (κ1) is 16.7. The molecule has 0 unspecified atom stereocenters. The van der Waals surface area contributed by atoms with Crippen molar-refractivity contribution in [2.45, 2.75) is 25.3 Å². The Morgan fingerprint density at radius 2 is 1.95 bits per heavy atom. The molecule has 1 heterocycles. The summed E-state index contributed by atoms with van der Waals surface area (Å²) in [5.74, 6) is -3.10. The van der Waals surface area contributed by atoms with Crippen molar-refractivity contribution in [1.82, 2.24) is 5.32 Å². The minimum atomic E-state index is -4.82. The minimum Gasteiger partial charge on any atom is -0.348 e. The zero-order valence-electron chi connectivity index (χ0n) is 11.8. The van der Waals surface area contributed by atoms with Gasteiger partial charge in [-0.1, -0.05) is 0 Å². The molecule has 1 aromatic carbocycles. The van der Waals surface area contributed by atoms with Crippen LogP contribution in [0.4, 0.5) is 17.6 Å². The topological polar surface area (TPSA) is 47.6 Å². The van der Waals surface area contributed by atoms with Crippen LogP contribution < -0.4 is 5.32 Å². The number of halogens is 4. The fourth-order valence-corrected chi connectivity index (χ4v) is 2.06. The molecule has 1 aliphatic heterocycles. The third-order valence-corrected chi connectivity index (χ3v) is 3.21. The number of ether oxygens (including phenoxy) is 2. The van der Waals surface area contributed by atoms with Crippen molar-refractivity contribution in [1.29, 1.82) is 0 Å². The molecule has 1 saturated heterocycles. The lowest BCUT2D eigenvalue weighted by Gasteiger charge is -2.34. The fourth-order valence-electron chi connectivity index (χ4n) is 2.06. The van der Waals surface area contributed by atoms with Crippen LogP contribution in [0.1, 0.15) is 29.3 Å². The first-order valence-corrected chi connectivity index (χ1v) is 6.64. The van der Waals surface area contributed by atoms with Gasteiger partial charge in [-0.05, 0) is 31.5 Å². The van der Waals surface area contributed by atoms with Crippen LogP contribution in [0.3, 0.4) is 0 Å². The molecule has 22 heavy (non-hydrogen) atoms. The molecule has 1 N–H and O–H groups in total. The van der Waals surface area contributed by atoms with E-state index >= 15 is 0 Å². The number of carbonyl (C=O) groups is 1. The third kappa shape index (κ3) is 3.95. The van der Waals surface area contributed by atoms with E-state index in [-0.39, 0.29) is 6.54 Å². The van der Waals surface area contributed by atoms with Gasteiger partial charge < -0.3 is 14.8 Å². The van der Waals surface area contributed by atoms with Crippen LogP contribution in [-0.2, 0) is 15.7 Å². The molecule has 8 heteroatoms. The number of alkyl halides is 3. The van der Waals surface area contributed by atoms with Crippen LogP contribution in [0.25, 0.3) is 0 Å². The van der Waals surface area contributed by atoms with Gasteiger partial charge in [0.05, 0.1) is 30.9 Å². The zero-order chi connectivity index (χ0) is 16.4. The van der Waals surface area contributed by atoms with E-state index in [4.69, 9.17) is 9.47 Å². The molecule has 1 amide bonds. The lowest BCUT2D eigenvalue weighted by atomic mass is 10.1. The van der Waals surface area contributed by atoms with Gasteiger partial charge in [0.1, 0.15) is 5.82 Å². The number of carbonyl (C=O) groups excluding carboxylic acids is 1. The second-order valence-electron chi connectivity index (χ2n) is 5.05. The van der Waals surface area contributed by atoms with Crippen LogP contribution >= 0.6 is 0 Å². The van der Waals surface area contributed by atoms with Gasteiger partial charge in [-0.15, -0.1) is 0 Å². The molecule has 0 saturated carbocycles. The van der Waals surface area contributed by atoms with E-state index in [9.17, 15) is 22.4 Å². The summed E-state index contributed by atoms with van der Waals surface area (Å²) in [6.45, 7) is 2.36. The van der Waals surface area contributed by atoms with Crippen molar-refractivity contribution in [3.8, 4) is 0 Å². The number of benzene rings is 1. The monoisotopic (exact) mass is 321 g/mol. The van der Waals surface area contributed by atoms with Crippen LogP contribution in [0.2, 0.25) is 0 Å². The molecule has 0 bridgehead atoms. The van der Waals surface area contributed by atoms with Crippen LogP contribution in [0.15, 0.2) is 18.2 Å². The van der Waals surface area contributed by atoms with E-state index in [1.54, 1.807) is 6.92 Å². The van der Waals surface area contributed by atoms with Gasteiger partial charge in [0, 0.05) is 0 Å². The normalized spacial score (nSPS) is 18.0. The molecule has 122 valence electrons. The first-order chi connectivity index (χ1) is 10.2. The summed E-state index contributed by atoms with van der Waals surface area (Å²) in [4.78, 5) is 12.0. The largest absolute Gasteiger partial charge is 0.417 e. The van der Waals surface area contributed by atoms with Crippen molar-refractivity contribution in [2.24, 2.45) is 0 Å². The van der Waals surface area contributed by atoms with Gasteiger partial charge in [-0.25, -0.2) is 4.39 Å². The lowest BCUT2D eigenvalue weighted by molar-refractivity contribution is -0.251. The maximum absolute atomic E-state index is 13.0. The molecule has 2 rings (SSSR count). The summed E-state index contributed by atoms with van der Waals surface area (Å²) in [5, 5.41) is 2.33. The van der Waals surface area contributed by atoms with E-state index in [1.807, 2.05) is 0 Å². The van der Waals surface area contributed by atoms with Crippen molar-refractivity contribution in [3.63, 3.8) is 0 Å². The number of rotatable bonds is 3. The molecule has 0 spiro atoms. The number of hydrogen-bond donors (Lipinski definition) is 1.